The van der Waals surface area contributed by atoms with E-state index in [2.05, 4.69) is 67.7 Å². The fraction of sp³-hybridized carbons (Fsp3) is 0.500. The number of allylic oxidation sites excluding steroid dienone is 10. The average molecular weight is 331 g/mol. The average Bonchev–Trinajstić information content (AvgIpc) is 2.56. The van der Waals surface area contributed by atoms with Gasteiger partial charge in [0, 0.05) is 6.42 Å². The predicted octanol–water partition coefficient (Wildman–Crippen LogP) is 6.77. The summed E-state index contributed by atoms with van der Waals surface area (Å²) in [7, 11) is 0. The SMILES string of the molecule is CC/C=C\C/C=C/C/C=C\C/C=C/C/C=C/CCCCCC(=O)O. The number of aliphatic carboxylic acids is 1. The van der Waals surface area contributed by atoms with Crippen molar-refractivity contribution in [1.29, 1.82) is 0 Å². The number of carboxylic acids is 1. The van der Waals surface area contributed by atoms with Crippen molar-refractivity contribution in [3.8, 4) is 0 Å². The van der Waals surface area contributed by atoms with Gasteiger partial charge in [-0.25, -0.2) is 0 Å². The van der Waals surface area contributed by atoms with Gasteiger partial charge in [-0.05, 0) is 51.4 Å². The molecule has 1 N–H and O–H groups in total. The maximum atomic E-state index is 10.3. The molecule has 0 aliphatic rings. The van der Waals surface area contributed by atoms with Crippen LogP contribution in [0, 0.1) is 0 Å². The van der Waals surface area contributed by atoms with Crippen LogP contribution < -0.4 is 0 Å². The quantitative estimate of drug-likeness (QED) is 0.265. The van der Waals surface area contributed by atoms with Gasteiger partial charge >= 0.3 is 5.97 Å². The Labute approximate surface area is 148 Å². The molecule has 2 heteroatoms. The number of unbranched alkanes of at least 4 members (excludes halogenated alkanes) is 3. The van der Waals surface area contributed by atoms with Crippen molar-refractivity contribution in [3.05, 3.63) is 60.8 Å². The van der Waals surface area contributed by atoms with Crippen molar-refractivity contribution < 1.29 is 9.90 Å². The summed E-state index contributed by atoms with van der Waals surface area (Å²) in [6.45, 7) is 2.15. The molecule has 0 saturated heterocycles. The zero-order valence-electron chi connectivity index (χ0n) is 15.2. The van der Waals surface area contributed by atoms with Crippen molar-refractivity contribution in [2.75, 3.05) is 0 Å². The van der Waals surface area contributed by atoms with Gasteiger partial charge in [0.05, 0.1) is 0 Å². The fourth-order valence-corrected chi connectivity index (χ4v) is 2.08. The van der Waals surface area contributed by atoms with Crippen LogP contribution in [0.15, 0.2) is 60.8 Å². The monoisotopic (exact) mass is 330 g/mol. The third-order valence-electron chi connectivity index (χ3n) is 3.42. The van der Waals surface area contributed by atoms with Crippen LogP contribution in [0.25, 0.3) is 0 Å². The lowest BCUT2D eigenvalue weighted by Gasteiger charge is -1.94. The minimum Gasteiger partial charge on any atom is -0.481 e. The predicted molar refractivity (Wildman–Crippen MR) is 105 cm³/mol. The first-order valence-electron chi connectivity index (χ1n) is 9.24. The second-order valence-corrected chi connectivity index (χ2v) is 5.70. The highest BCUT2D eigenvalue weighted by Gasteiger charge is 1.94. The summed E-state index contributed by atoms with van der Waals surface area (Å²) in [5, 5.41) is 8.52. The van der Waals surface area contributed by atoms with E-state index in [0.717, 1.165) is 57.8 Å². The van der Waals surface area contributed by atoms with Crippen LogP contribution in [0.3, 0.4) is 0 Å². The molecule has 0 rings (SSSR count). The van der Waals surface area contributed by atoms with E-state index < -0.39 is 5.97 Å². The molecule has 0 atom stereocenters. The highest BCUT2D eigenvalue weighted by molar-refractivity contribution is 5.66. The van der Waals surface area contributed by atoms with Crippen molar-refractivity contribution in [2.45, 2.75) is 71.1 Å². The lowest BCUT2D eigenvalue weighted by atomic mass is 10.1. The highest BCUT2D eigenvalue weighted by atomic mass is 16.4. The van der Waals surface area contributed by atoms with E-state index in [0.29, 0.717) is 6.42 Å². The Morgan fingerprint density at radius 3 is 1.58 bits per heavy atom. The molecule has 24 heavy (non-hydrogen) atoms. The Morgan fingerprint density at radius 2 is 1.12 bits per heavy atom. The molecule has 0 saturated carbocycles. The number of hydrogen-bond acceptors (Lipinski definition) is 1. The normalized spacial score (nSPS) is 12.7. The van der Waals surface area contributed by atoms with E-state index in [1.807, 2.05) is 0 Å². The van der Waals surface area contributed by atoms with Crippen LogP contribution >= 0.6 is 0 Å². The van der Waals surface area contributed by atoms with E-state index in [-0.39, 0.29) is 0 Å². The summed E-state index contributed by atoms with van der Waals surface area (Å²) < 4.78 is 0. The molecule has 0 aliphatic heterocycles. The zero-order valence-corrected chi connectivity index (χ0v) is 15.2. The molecule has 0 aromatic heterocycles. The van der Waals surface area contributed by atoms with E-state index in [1.165, 1.54) is 0 Å². The van der Waals surface area contributed by atoms with Gasteiger partial charge in [-0.15, -0.1) is 0 Å². The van der Waals surface area contributed by atoms with Crippen LogP contribution in [-0.2, 0) is 4.79 Å². The molecular formula is C22H34O2. The maximum absolute atomic E-state index is 10.3. The number of rotatable bonds is 15. The molecular weight excluding hydrogens is 296 g/mol. The smallest absolute Gasteiger partial charge is 0.303 e. The Bertz CT molecular complexity index is 425. The van der Waals surface area contributed by atoms with Crippen LogP contribution in [0.4, 0.5) is 0 Å². The van der Waals surface area contributed by atoms with Gasteiger partial charge < -0.3 is 5.11 Å². The Hall–Kier alpha value is -1.83. The van der Waals surface area contributed by atoms with Crippen molar-refractivity contribution in [3.63, 3.8) is 0 Å². The molecule has 0 amide bonds. The van der Waals surface area contributed by atoms with Gasteiger partial charge in [-0.3, -0.25) is 4.79 Å². The van der Waals surface area contributed by atoms with Gasteiger partial charge in [-0.1, -0.05) is 74.1 Å². The lowest BCUT2D eigenvalue weighted by Crippen LogP contribution is -1.93. The van der Waals surface area contributed by atoms with Gasteiger partial charge in [0.15, 0.2) is 0 Å². The van der Waals surface area contributed by atoms with Crippen molar-refractivity contribution in [2.24, 2.45) is 0 Å². The third-order valence-corrected chi connectivity index (χ3v) is 3.42. The molecule has 0 spiro atoms. The minimum absolute atomic E-state index is 0.297. The number of hydrogen-bond donors (Lipinski definition) is 1. The first-order chi connectivity index (χ1) is 11.8. The summed E-state index contributed by atoms with van der Waals surface area (Å²) in [6.07, 6.45) is 31.3. The number of carbonyl (C=O) groups is 1. The van der Waals surface area contributed by atoms with Crippen LogP contribution in [0.1, 0.15) is 71.1 Å². The first kappa shape index (κ1) is 22.2. The van der Waals surface area contributed by atoms with Gasteiger partial charge in [0.2, 0.25) is 0 Å². The summed E-state index contributed by atoms with van der Waals surface area (Å²) >= 11 is 0. The van der Waals surface area contributed by atoms with Gasteiger partial charge in [-0.2, -0.15) is 0 Å². The van der Waals surface area contributed by atoms with E-state index >= 15 is 0 Å². The van der Waals surface area contributed by atoms with Gasteiger partial charge in [0.25, 0.3) is 0 Å². The molecule has 0 radical (unpaired) electrons. The van der Waals surface area contributed by atoms with Crippen LogP contribution in [-0.4, -0.2) is 11.1 Å². The summed E-state index contributed by atoms with van der Waals surface area (Å²) in [4.78, 5) is 10.3. The second-order valence-electron chi connectivity index (χ2n) is 5.70. The molecule has 0 heterocycles. The Kier molecular flexibility index (Phi) is 17.8. The van der Waals surface area contributed by atoms with Gasteiger partial charge in [0.1, 0.15) is 0 Å². The summed E-state index contributed by atoms with van der Waals surface area (Å²) in [5.41, 5.74) is 0. The Balaban J connectivity index is 3.42. The zero-order chi connectivity index (χ0) is 17.7. The van der Waals surface area contributed by atoms with Crippen molar-refractivity contribution >= 4 is 5.97 Å². The molecule has 0 aromatic rings. The molecule has 0 fully saturated rings. The summed E-state index contributed by atoms with van der Waals surface area (Å²) in [6, 6.07) is 0. The largest absolute Gasteiger partial charge is 0.481 e. The minimum atomic E-state index is -0.690. The molecule has 134 valence electrons. The molecule has 0 bridgehead atoms. The van der Waals surface area contributed by atoms with E-state index in [1.54, 1.807) is 0 Å². The molecule has 2 nitrogen and oxygen atoms in total. The lowest BCUT2D eigenvalue weighted by molar-refractivity contribution is -0.137. The summed E-state index contributed by atoms with van der Waals surface area (Å²) in [5.74, 6) is -0.690. The first-order valence-corrected chi connectivity index (χ1v) is 9.24. The highest BCUT2D eigenvalue weighted by Crippen LogP contribution is 2.04. The van der Waals surface area contributed by atoms with E-state index in [9.17, 15) is 4.79 Å². The third kappa shape index (κ3) is 20.2. The van der Waals surface area contributed by atoms with Crippen LogP contribution in [0.5, 0.6) is 0 Å². The second kappa shape index (κ2) is 19.2. The molecule has 0 aromatic carbocycles. The van der Waals surface area contributed by atoms with Crippen molar-refractivity contribution in [1.82, 2.24) is 0 Å². The van der Waals surface area contributed by atoms with Crippen LogP contribution in [0.2, 0.25) is 0 Å². The topological polar surface area (TPSA) is 37.3 Å². The van der Waals surface area contributed by atoms with E-state index in [4.69, 9.17) is 5.11 Å². The molecule has 0 aliphatic carbocycles. The standard InChI is InChI=1S/C22H34O2/c1-2-3-4-5-6-7-8-9-10-11-12-13-14-15-16-17-18-19-20-21-22(23)24/h3-4,6-7,9-10,12-13,15-16H,2,5,8,11,14,17-21H2,1H3,(H,23,24)/b4-3-,7-6+,10-9-,13-12+,16-15+. The molecule has 0 unspecified atom stereocenters. The Morgan fingerprint density at radius 1 is 0.667 bits per heavy atom. The fourth-order valence-electron chi connectivity index (χ4n) is 2.08. The maximum Gasteiger partial charge on any atom is 0.303 e. The number of carboxylic acid groups (broad SMARTS) is 1.